The second-order valence-corrected chi connectivity index (χ2v) is 20.1. The zero-order valence-electron chi connectivity index (χ0n) is 39.1. The number of hydrogen-bond acceptors (Lipinski definition) is 10. The van der Waals surface area contributed by atoms with Crippen molar-refractivity contribution in [3.63, 3.8) is 0 Å². The minimum atomic E-state index is -0.941. The van der Waals surface area contributed by atoms with Crippen LogP contribution in [0.3, 0.4) is 0 Å². The fourth-order valence-corrected chi connectivity index (χ4v) is 11.2. The number of aromatic nitrogens is 3. The molecule has 0 aliphatic carbocycles. The number of methoxy groups -OCH3 is 1. The molecule has 4 aromatic rings. The number of rotatable bonds is 10. The second kappa shape index (κ2) is 19.6. The average molecular weight is 894 g/mol. The summed E-state index contributed by atoms with van der Waals surface area (Å²) in [4.78, 5) is 70.8. The van der Waals surface area contributed by atoms with Crippen LogP contribution in [0.25, 0.3) is 33.4 Å². The third kappa shape index (κ3) is 9.82. The molecule has 14 nitrogen and oxygen atoms in total. The van der Waals surface area contributed by atoms with Gasteiger partial charge in [0.15, 0.2) is 0 Å². The van der Waals surface area contributed by atoms with E-state index in [1.54, 1.807) is 24.1 Å². The number of fused-ring (bicyclic) bond motifs is 6. The highest BCUT2D eigenvalue weighted by Crippen LogP contribution is 2.42. The fourth-order valence-electron chi connectivity index (χ4n) is 10.3. The molecule has 15 heteroatoms. The first-order valence-corrected chi connectivity index (χ1v) is 23.7. The Balaban J connectivity index is 1.27. The molecule has 1 aromatic carbocycles. The second-order valence-electron chi connectivity index (χ2n) is 19.1. The van der Waals surface area contributed by atoms with E-state index in [9.17, 15) is 19.2 Å². The number of nitrogens with one attached hydrogen (secondary N) is 2. The quantitative estimate of drug-likeness (QED) is 0.180. The maximum absolute atomic E-state index is 14.7. The Kier molecular flexibility index (Phi) is 14.4. The molecule has 6 bridgehead atoms. The molecule has 0 saturated carbocycles. The zero-order chi connectivity index (χ0) is 46.0. The van der Waals surface area contributed by atoms with E-state index in [2.05, 4.69) is 78.9 Å². The molecule has 0 unspecified atom stereocenters. The van der Waals surface area contributed by atoms with Crippen molar-refractivity contribution < 1.29 is 23.9 Å². The highest BCUT2D eigenvalue weighted by atomic mass is 32.1. The highest BCUT2D eigenvalue weighted by molar-refractivity contribution is 7.10. The zero-order valence-corrected chi connectivity index (χ0v) is 40.0. The third-order valence-electron chi connectivity index (χ3n) is 13.3. The van der Waals surface area contributed by atoms with E-state index in [0.717, 1.165) is 72.6 Å². The number of benzene rings is 1. The molecule has 2 N–H and O–H groups in total. The van der Waals surface area contributed by atoms with Crippen LogP contribution in [0.4, 0.5) is 0 Å². The van der Waals surface area contributed by atoms with E-state index in [1.165, 1.54) is 33.3 Å². The van der Waals surface area contributed by atoms with Crippen molar-refractivity contribution in [2.75, 3.05) is 53.9 Å². The van der Waals surface area contributed by atoms with Crippen LogP contribution in [-0.4, -0.2) is 130 Å². The number of hydrogen-bond donors (Lipinski definition) is 2. The lowest BCUT2D eigenvalue weighted by atomic mass is 9.83. The summed E-state index contributed by atoms with van der Waals surface area (Å²) < 4.78 is 8.26. The molecule has 5 atom stereocenters. The first-order chi connectivity index (χ1) is 30.5. The van der Waals surface area contributed by atoms with Crippen LogP contribution in [0, 0.1) is 17.3 Å². The van der Waals surface area contributed by atoms with Gasteiger partial charge in [-0.2, -0.15) is 0 Å². The Labute approximate surface area is 382 Å². The molecule has 6 heterocycles. The predicted octanol–water partition coefficient (Wildman–Crippen LogP) is 6.11. The van der Waals surface area contributed by atoms with Crippen molar-refractivity contribution in [1.82, 2.24) is 45.0 Å². The lowest BCUT2D eigenvalue weighted by molar-refractivity contribution is -0.146. The topological polar surface area (TPSA) is 145 Å². The Hall–Kier alpha value is -4.96. The summed E-state index contributed by atoms with van der Waals surface area (Å²) in [5.41, 5.74) is 10.7. The van der Waals surface area contributed by atoms with Crippen molar-refractivity contribution in [3.8, 4) is 22.5 Å². The smallest absolute Gasteiger partial charge is 0.259 e. The van der Waals surface area contributed by atoms with Gasteiger partial charge in [0, 0.05) is 99.5 Å². The summed E-state index contributed by atoms with van der Waals surface area (Å²) in [6, 6.07) is 8.99. The van der Waals surface area contributed by atoms with Gasteiger partial charge in [-0.1, -0.05) is 40.3 Å². The van der Waals surface area contributed by atoms with Crippen LogP contribution >= 0.6 is 11.3 Å². The number of nitrogens with zero attached hydrogens (tertiary/aromatic N) is 7. The number of pyridine rings is 1. The van der Waals surface area contributed by atoms with Crippen molar-refractivity contribution in [2.24, 2.45) is 17.3 Å². The van der Waals surface area contributed by atoms with Crippen molar-refractivity contribution in [2.45, 2.75) is 104 Å². The number of hydrazine groups is 1. The van der Waals surface area contributed by atoms with Crippen LogP contribution < -0.4 is 10.7 Å². The van der Waals surface area contributed by atoms with E-state index in [4.69, 9.17) is 14.7 Å². The molecular formula is C49H67N9O5S. The molecule has 2 saturated heterocycles. The van der Waals surface area contributed by atoms with Gasteiger partial charge in [0.25, 0.3) is 5.91 Å². The SMILES string of the molecule is C=CC(=O)N1CC[C@H](C(=O)N(C)[C@H](C(=O)N[C@H]2Cc3nc(cs3)-c3ccc4c(c3)c(c(-c3cccnc3[C@H](C)OC)n4CC)CC(C)(C)CN(C)C[C@@H]3CCCN(N3)C2=O)C(C)C)C1. The summed E-state index contributed by atoms with van der Waals surface area (Å²) in [5.74, 6) is -1.73. The van der Waals surface area contributed by atoms with Gasteiger partial charge in [-0.3, -0.25) is 29.2 Å². The summed E-state index contributed by atoms with van der Waals surface area (Å²) in [6.45, 7) is 19.8. The van der Waals surface area contributed by atoms with Crippen LogP contribution in [0.15, 0.2) is 54.6 Å². The van der Waals surface area contributed by atoms with E-state index in [0.29, 0.717) is 24.5 Å². The molecule has 0 radical (unpaired) electrons. The number of carbonyl (C=O) groups is 4. The summed E-state index contributed by atoms with van der Waals surface area (Å²) >= 11 is 1.47. The standard InChI is InChI=1S/C49H67N9O5S/c1-11-42(59)56-22-19-33(26-56)47(61)55(9)44(30(3)4)46(60)52-38-24-41-51-39(28-64-41)32-17-18-40-36(23-32)37(45(57(40)12-2)35-16-13-20-50-43(35)31(5)63-10)25-49(6,7)29-54(8)27-34-15-14-21-58(53-34)48(38)62/h11,13,16-18,20,23,28,30-31,33-34,38,44,53H,1,12,14-15,19,21-22,24-27,29H2,2-10H3,(H,52,60)/t31-,33-,34-,38-,44-/m0/s1. The Morgan fingerprint density at radius 1 is 1.14 bits per heavy atom. The number of aryl methyl sites for hydroxylation is 1. The first kappa shape index (κ1) is 47.0. The van der Waals surface area contributed by atoms with E-state index in [1.807, 2.05) is 38.4 Å². The molecule has 2 fully saturated rings. The van der Waals surface area contributed by atoms with Gasteiger partial charge in [-0.25, -0.2) is 10.4 Å². The van der Waals surface area contributed by atoms with E-state index >= 15 is 0 Å². The highest BCUT2D eigenvalue weighted by Gasteiger charge is 2.40. The number of thiazole rings is 1. The molecular weight excluding hydrogens is 827 g/mol. The molecule has 3 aliphatic heterocycles. The maximum atomic E-state index is 14.7. The number of carbonyl (C=O) groups excluding carboxylic acids is 4. The summed E-state index contributed by atoms with van der Waals surface area (Å²) in [7, 11) is 5.53. The number of likely N-dealkylation sites (N-methyl/N-ethyl adjacent to an activating group) is 2. The summed E-state index contributed by atoms with van der Waals surface area (Å²) in [6.07, 6.45) is 6.12. The number of ether oxygens (including phenoxy) is 1. The van der Waals surface area contributed by atoms with Gasteiger partial charge in [0.2, 0.25) is 17.7 Å². The third-order valence-corrected chi connectivity index (χ3v) is 14.1. The van der Waals surface area contributed by atoms with Crippen molar-refractivity contribution >= 4 is 45.9 Å². The van der Waals surface area contributed by atoms with Gasteiger partial charge in [-0.15, -0.1) is 11.3 Å². The Morgan fingerprint density at radius 2 is 1.92 bits per heavy atom. The average Bonchev–Trinajstić information content (AvgIpc) is 4.02. The Morgan fingerprint density at radius 3 is 2.64 bits per heavy atom. The molecule has 3 aromatic heterocycles. The van der Waals surface area contributed by atoms with Crippen LogP contribution in [0.2, 0.25) is 0 Å². The van der Waals surface area contributed by atoms with Crippen LogP contribution in [-0.2, 0) is 43.3 Å². The van der Waals surface area contributed by atoms with Gasteiger partial charge in [0.1, 0.15) is 12.1 Å². The van der Waals surface area contributed by atoms with Crippen LogP contribution in [0.5, 0.6) is 0 Å². The molecule has 4 amide bonds. The summed E-state index contributed by atoms with van der Waals surface area (Å²) in [5, 5.41) is 8.72. The molecule has 344 valence electrons. The number of amides is 4. The minimum Gasteiger partial charge on any atom is -0.375 e. The Bertz CT molecular complexity index is 2370. The lowest BCUT2D eigenvalue weighted by Gasteiger charge is -2.39. The lowest BCUT2D eigenvalue weighted by Crippen LogP contribution is -2.62. The number of likely N-dealkylation sites (tertiary alicyclic amines) is 1. The molecule has 64 heavy (non-hydrogen) atoms. The largest absolute Gasteiger partial charge is 0.375 e. The predicted molar refractivity (Wildman–Crippen MR) is 252 cm³/mol. The van der Waals surface area contributed by atoms with E-state index < -0.39 is 23.9 Å². The van der Waals surface area contributed by atoms with Crippen molar-refractivity contribution in [1.29, 1.82) is 0 Å². The fraction of sp³-hybridized carbons (Fsp3) is 0.551. The maximum Gasteiger partial charge on any atom is 0.259 e. The van der Waals surface area contributed by atoms with Gasteiger partial charge < -0.3 is 29.3 Å². The molecule has 7 rings (SSSR count). The first-order valence-electron chi connectivity index (χ1n) is 22.9. The molecule has 0 spiro atoms. The monoisotopic (exact) mass is 893 g/mol. The van der Waals surface area contributed by atoms with Gasteiger partial charge in [0.05, 0.1) is 34.1 Å². The normalized spacial score (nSPS) is 21.7. The van der Waals surface area contributed by atoms with E-state index in [-0.39, 0.29) is 54.2 Å². The van der Waals surface area contributed by atoms with Crippen molar-refractivity contribution in [3.05, 3.63) is 70.8 Å². The van der Waals surface area contributed by atoms with Gasteiger partial charge in [-0.05, 0) is 93.8 Å². The van der Waals surface area contributed by atoms with Gasteiger partial charge >= 0.3 is 0 Å². The van der Waals surface area contributed by atoms with Crippen LogP contribution in [0.1, 0.15) is 83.2 Å². The molecule has 3 aliphatic rings. The minimum absolute atomic E-state index is 0.0138.